The van der Waals surface area contributed by atoms with Crippen LogP contribution in [0.3, 0.4) is 0 Å². The molecule has 0 bridgehead atoms. The summed E-state index contributed by atoms with van der Waals surface area (Å²) in [4.78, 5) is 22.9. The number of H-pyrrole nitrogens is 1. The lowest BCUT2D eigenvalue weighted by molar-refractivity contribution is -0.144. The van der Waals surface area contributed by atoms with Gasteiger partial charge in [-0.25, -0.2) is 9.18 Å². The lowest BCUT2D eigenvalue weighted by Crippen LogP contribution is -2.23. The van der Waals surface area contributed by atoms with Gasteiger partial charge in [0, 0.05) is 22.9 Å². The number of aromatic amines is 1. The van der Waals surface area contributed by atoms with Crippen LogP contribution in [0.4, 0.5) is 10.1 Å². The monoisotopic (exact) mass is 349 g/mol. The highest BCUT2D eigenvalue weighted by Crippen LogP contribution is 2.24. The van der Waals surface area contributed by atoms with E-state index in [9.17, 15) is 14.0 Å². The number of ether oxygens (including phenoxy) is 1. The van der Waals surface area contributed by atoms with Crippen LogP contribution >= 0.6 is 0 Å². The van der Waals surface area contributed by atoms with E-state index in [1.165, 1.54) is 19.1 Å². The third-order valence-corrected chi connectivity index (χ3v) is 3.46. The quantitative estimate of drug-likeness (QED) is 0.770. The normalized spacial score (nSPS) is 12.5. The molecular weight excluding hydrogens is 329 g/mol. The standard InChI is InChI=1S/C17H20FN3O4/c1-9(16(23)24)25-13-6-5-10(7-11(13)18)19-15(22)12-8-14(21-20-12)17(2,3)4/h5-9H,1-4H3,(H,19,22)(H,20,21)(H,23,24)/t9-/m0/s1. The molecule has 0 aliphatic heterocycles. The van der Waals surface area contributed by atoms with Crippen molar-refractivity contribution in [2.45, 2.75) is 39.2 Å². The van der Waals surface area contributed by atoms with Crippen LogP contribution in [0.25, 0.3) is 0 Å². The Bertz CT molecular complexity index is 795. The minimum Gasteiger partial charge on any atom is -0.479 e. The fourth-order valence-corrected chi connectivity index (χ4v) is 1.93. The van der Waals surface area contributed by atoms with E-state index in [4.69, 9.17) is 9.84 Å². The fourth-order valence-electron chi connectivity index (χ4n) is 1.93. The van der Waals surface area contributed by atoms with Crippen LogP contribution < -0.4 is 10.1 Å². The molecule has 7 nitrogen and oxygen atoms in total. The highest BCUT2D eigenvalue weighted by Gasteiger charge is 2.20. The summed E-state index contributed by atoms with van der Waals surface area (Å²) in [6.45, 7) is 7.24. The van der Waals surface area contributed by atoms with Crippen LogP contribution in [-0.2, 0) is 10.2 Å². The van der Waals surface area contributed by atoms with Gasteiger partial charge in [-0.1, -0.05) is 20.8 Å². The number of aliphatic carboxylic acids is 1. The maximum Gasteiger partial charge on any atom is 0.344 e. The predicted molar refractivity (Wildman–Crippen MR) is 89.4 cm³/mol. The molecule has 134 valence electrons. The molecule has 0 aliphatic carbocycles. The Morgan fingerprint density at radius 1 is 1.32 bits per heavy atom. The van der Waals surface area contributed by atoms with Crippen molar-refractivity contribution in [2.75, 3.05) is 5.32 Å². The van der Waals surface area contributed by atoms with Crippen LogP contribution in [-0.4, -0.2) is 33.3 Å². The predicted octanol–water partition coefficient (Wildman–Crippen LogP) is 2.95. The van der Waals surface area contributed by atoms with Crippen LogP contribution in [0.2, 0.25) is 0 Å². The molecule has 1 heterocycles. The van der Waals surface area contributed by atoms with Crippen molar-refractivity contribution in [1.82, 2.24) is 10.2 Å². The molecule has 2 aromatic rings. The number of benzene rings is 1. The number of hydrogen-bond donors (Lipinski definition) is 3. The molecule has 1 aromatic heterocycles. The second-order valence-electron chi connectivity index (χ2n) is 6.61. The van der Waals surface area contributed by atoms with Gasteiger partial charge < -0.3 is 15.2 Å². The van der Waals surface area contributed by atoms with Gasteiger partial charge in [-0.05, 0) is 25.1 Å². The largest absolute Gasteiger partial charge is 0.479 e. The summed E-state index contributed by atoms with van der Waals surface area (Å²) < 4.78 is 19.0. The highest BCUT2D eigenvalue weighted by atomic mass is 19.1. The minimum atomic E-state index is -1.20. The van der Waals surface area contributed by atoms with Gasteiger partial charge in [-0.15, -0.1) is 0 Å². The van der Waals surface area contributed by atoms with Gasteiger partial charge in [0.05, 0.1) is 0 Å². The zero-order valence-corrected chi connectivity index (χ0v) is 14.4. The summed E-state index contributed by atoms with van der Waals surface area (Å²) in [5.41, 5.74) is 1.01. The lowest BCUT2D eigenvalue weighted by atomic mass is 9.92. The smallest absolute Gasteiger partial charge is 0.344 e. The van der Waals surface area contributed by atoms with Gasteiger partial charge in [-0.3, -0.25) is 9.89 Å². The van der Waals surface area contributed by atoms with Crippen molar-refractivity contribution < 1.29 is 23.8 Å². The van der Waals surface area contributed by atoms with Crippen molar-refractivity contribution in [3.63, 3.8) is 0 Å². The maximum absolute atomic E-state index is 14.0. The molecule has 0 fully saturated rings. The summed E-state index contributed by atoms with van der Waals surface area (Å²) in [6.07, 6.45) is -1.19. The number of hydrogen-bond acceptors (Lipinski definition) is 4. The Balaban J connectivity index is 2.10. The molecule has 1 aromatic carbocycles. The van der Waals surface area contributed by atoms with E-state index < -0.39 is 23.8 Å². The SMILES string of the molecule is C[C@H](Oc1ccc(NC(=O)c2cc(C(C)(C)C)[nH]n2)cc1F)C(=O)O. The average Bonchev–Trinajstić information content (AvgIpc) is 3.00. The minimum absolute atomic E-state index is 0.183. The van der Waals surface area contributed by atoms with Crippen molar-refractivity contribution in [3.8, 4) is 5.75 Å². The van der Waals surface area contributed by atoms with E-state index in [1.807, 2.05) is 20.8 Å². The van der Waals surface area contributed by atoms with Gasteiger partial charge in [0.15, 0.2) is 23.4 Å². The molecule has 1 amide bonds. The number of rotatable bonds is 5. The third kappa shape index (κ3) is 4.56. The molecular formula is C17H20FN3O4. The van der Waals surface area contributed by atoms with Gasteiger partial charge in [0.2, 0.25) is 0 Å². The molecule has 0 saturated heterocycles. The third-order valence-electron chi connectivity index (χ3n) is 3.46. The van der Waals surface area contributed by atoms with E-state index in [0.717, 1.165) is 11.8 Å². The van der Waals surface area contributed by atoms with Gasteiger partial charge >= 0.3 is 5.97 Å². The number of aromatic nitrogens is 2. The molecule has 3 N–H and O–H groups in total. The Hall–Kier alpha value is -2.90. The highest BCUT2D eigenvalue weighted by molar-refractivity contribution is 6.02. The summed E-state index contributed by atoms with van der Waals surface area (Å²) in [7, 11) is 0. The van der Waals surface area contributed by atoms with Gasteiger partial charge in [0.1, 0.15) is 0 Å². The number of anilines is 1. The number of carboxylic acid groups (broad SMARTS) is 1. The van der Waals surface area contributed by atoms with Crippen LogP contribution in [0.5, 0.6) is 5.75 Å². The first-order chi connectivity index (χ1) is 11.6. The van der Waals surface area contributed by atoms with Crippen molar-refractivity contribution >= 4 is 17.6 Å². The molecule has 1 atom stereocenters. The molecule has 0 spiro atoms. The number of carbonyl (C=O) groups excluding carboxylic acids is 1. The molecule has 0 radical (unpaired) electrons. The summed E-state index contributed by atoms with van der Waals surface area (Å²) in [5, 5.41) is 18.1. The molecule has 0 saturated carbocycles. The van der Waals surface area contributed by atoms with Gasteiger partial charge in [-0.2, -0.15) is 5.10 Å². The summed E-state index contributed by atoms with van der Waals surface area (Å²) in [6, 6.07) is 5.37. The molecule has 25 heavy (non-hydrogen) atoms. The Morgan fingerprint density at radius 3 is 2.52 bits per heavy atom. The Kier molecular flexibility index (Phi) is 5.10. The topological polar surface area (TPSA) is 104 Å². The first-order valence-electron chi connectivity index (χ1n) is 7.64. The number of amides is 1. The van der Waals surface area contributed by atoms with Crippen molar-refractivity contribution in [2.24, 2.45) is 0 Å². The van der Waals surface area contributed by atoms with Crippen molar-refractivity contribution in [3.05, 3.63) is 41.5 Å². The van der Waals surface area contributed by atoms with E-state index in [-0.39, 0.29) is 22.5 Å². The van der Waals surface area contributed by atoms with Gasteiger partial charge in [0.25, 0.3) is 5.91 Å². The number of nitrogens with zero attached hydrogens (tertiary/aromatic N) is 1. The molecule has 0 aliphatic rings. The molecule has 8 heteroatoms. The van der Waals surface area contributed by atoms with Crippen LogP contribution in [0, 0.1) is 5.82 Å². The first kappa shape index (κ1) is 18.4. The van der Waals surface area contributed by atoms with Crippen LogP contribution in [0.15, 0.2) is 24.3 Å². The summed E-state index contributed by atoms with van der Waals surface area (Å²) >= 11 is 0. The average molecular weight is 349 g/mol. The second kappa shape index (κ2) is 6.92. The van der Waals surface area contributed by atoms with E-state index in [2.05, 4.69) is 15.5 Å². The van der Waals surface area contributed by atoms with E-state index >= 15 is 0 Å². The second-order valence-corrected chi connectivity index (χ2v) is 6.61. The number of carboxylic acids is 1. The molecule has 2 rings (SSSR count). The van der Waals surface area contributed by atoms with E-state index in [1.54, 1.807) is 6.07 Å². The zero-order valence-electron chi connectivity index (χ0n) is 14.4. The number of halogens is 1. The first-order valence-corrected chi connectivity index (χ1v) is 7.64. The number of nitrogens with one attached hydrogen (secondary N) is 2. The Labute approximate surface area is 144 Å². The number of carbonyl (C=O) groups is 2. The van der Waals surface area contributed by atoms with Crippen LogP contribution in [0.1, 0.15) is 43.9 Å². The van der Waals surface area contributed by atoms with E-state index in [0.29, 0.717) is 0 Å². The Morgan fingerprint density at radius 2 is 2.00 bits per heavy atom. The fraction of sp³-hybridized carbons (Fsp3) is 0.353. The maximum atomic E-state index is 14.0. The lowest BCUT2D eigenvalue weighted by Gasteiger charge is -2.14. The summed E-state index contributed by atoms with van der Waals surface area (Å²) in [5.74, 6) is -2.67. The zero-order chi connectivity index (χ0) is 18.8. The van der Waals surface area contributed by atoms with Crippen molar-refractivity contribution in [1.29, 1.82) is 0 Å². The molecule has 0 unspecified atom stereocenters.